The summed E-state index contributed by atoms with van der Waals surface area (Å²) < 4.78 is 19.3. The summed E-state index contributed by atoms with van der Waals surface area (Å²) in [4.78, 5) is 24.3. The summed E-state index contributed by atoms with van der Waals surface area (Å²) in [5, 5.41) is 95.2. The SMILES string of the molecule is CCC=N/C(=C(\C)C(C)C)C(N=O)c1cc(-c2ncnc3cc(N4C(O)(O)C(O)(O)OC(O)(O)C4(O)O)ccc23)c(F)cc1O. The van der Waals surface area contributed by atoms with Gasteiger partial charge < -0.3 is 46.0 Å². The molecule has 0 bridgehead atoms. The summed E-state index contributed by atoms with van der Waals surface area (Å²) >= 11 is 0. The lowest BCUT2D eigenvalue weighted by atomic mass is 9.93. The molecule has 4 rings (SSSR count). The fourth-order valence-corrected chi connectivity index (χ4v) is 4.71. The maximum atomic E-state index is 15.4. The van der Waals surface area contributed by atoms with Gasteiger partial charge in [-0.05, 0) is 49.1 Å². The van der Waals surface area contributed by atoms with Crippen molar-refractivity contribution in [2.45, 2.75) is 63.9 Å². The molecule has 1 atom stereocenters. The van der Waals surface area contributed by atoms with Crippen molar-refractivity contribution in [2.75, 3.05) is 4.90 Å². The second kappa shape index (κ2) is 11.7. The largest absolute Gasteiger partial charge is 0.507 e. The third kappa shape index (κ3) is 5.65. The van der Waals surface area contributed by atoms with Gasteiger partial charge in [0.25, 0.3) is 0 Å². The van der Waals surface area contributed by atoms with Crippen LogP contribution in [0.25, 0.3) is 22.2 Å². The Bertz CT molecular complexity index is 1660. The first-order chi connectivity index (χ1) is 20.8. The number of nitroso groups, excluding NO2 is 1. The van der Waals surface area contributed by atoms with Gasteiger partial charge in [0.15, 0.2) is 6.04 Å². The molecule has 3 aromatic rings. The number of aromatic nitrogens is 2. The molecule has 0 amide bonds. The van der Waals surface area contributed by atoms with Crippen LogP contribution in [0.2, 0.25) is 0 Å². The van der Waals surface area contributed by atoms with Crippen LogP contribution in [0.5, 0.6) is 5.75 Å². The van der Waals surface area contributed by atoms with E-state index in [2.05, 4.69) is 24.9 Å². The summed E-state index contributed by atoms with van der Waals surface area (Å²) in [7, 11) is 0. The molecule has 1 fully saturated rings. The molecule has 1 aliphatic rings. The van der Waals surface area contributed by atoms with E-state index in [1.807, 2.05) is 20.8 Å². The maximum absolute atomic E-state index is 15.4. The van der Waals surface area contributed by atoms with Crippen LogP contribution in [-0.2, 0) is 4.74 Å². The van der Waals surface area contributed by atoms with Crippen molar-refractivity contribution in [3.8, 4) is 17.0 Å². The molecule has 0 radical (unpaired) electrons. The number of anilines is 1. The quantitative estimate of drug-likeness (QED) is 0.0942. The predicted molar refractivity (Wildman–Crippen MR) is 154 cm³/mol. The first kappa shape index (κ1) is 33.8. The fourth-order valence-electron chi connectivity index (χ4n) is 4.71. The van der Waals surface area contributed by atoms with Gasteiger partial charge in [-0.25, -0.2) is 14.4 Å². The van der Waals surface area contributed by atoms with E-state index in [1.165, 1.54) is 6.07 Å². The van der Waals surface area contributed by atoms with Crippen molar-refractivity contribution in [2.24, 2.45) is 16.1 Å². The number of benzene rings is 2. The third-order valence-corrected chi connectivity index (χ3v) is 7.37. The van der Waals surface area contributed by atoms with Crippen molar-refractivity contribution in [1.29, 1.82) is 0 Å². The van der Waals surface area contributed by atoms with Crippen LogP contribution in [0.3, 0.4) is 0 Å². The Morgan fingerprint density at radius 3 is 2.20 bits per heavy atom. The smallest absolute Gasteiger partial charge is 0.362 e. The molecule has 2 aromatic carbocycles. The zero-order chi connectivity index (χ0) is 33.7. The third-order valence-electron chi connectivity index (χ3n) is 7.37. The topological polar surface area (TPSA) is 262 Å². The van der Waals surface area contributed by atoms with E-state index in [4.69, 9.17) is 0 Å². The molecule has 242 valence electrons. The van der Waals surface area contributed by atoms with E-state index in [-0.39, 0.29) is 44.2 Å². The highest BCUT2D eigenvalue weighted by Gasteiger charge is 2.74. The van der Waals surface area contributed by atoms with Gasteiger partial charge in [-0.15, -0.1) is 4.91 Å². The Labute approximate surface area is 254 Å². The number of ether oxygens (including phenoxy) is 1. The van der Waals surface area contributed by atoms with Crippen LogP contribution in [0.15, 0.2) is 58.1 Å². The number of aliphatic hydroxyl groups is 8. The average molecular weight is 634 g/mol. The van der Waals surface area contributed by atoms with Crippen LogP contribution in [0.4, 0.5) is 10.1 Å². The van der Waals surface area contributed by atoms with Gasteiger partial charge >= 0.3 is 23.8 Å². The first-order valence-corrected chi connectivity index (χ1v) is 13.4. The van der Waals surface area contributed by atoms with Crippen LogP contribution in [0.1, 0.15) is 45.7 Å². The van der Waals surface area contributed by atoms with Gasteiger partial charge in [-0.1, -0.05) is 25.9 Å². The van der Waals surface area contributed by atoms with Gasteiger partial charge in [0.1, 0.15) is 17.9 Å². The van der Waals surface area contributed by atoms with E-state index in [0.29, 0.717) is 12.0 Å². The number of nitrogens with zero attached hydrogens (tertiary/aromatic N) is 5. The molecule has 0 saturated carbocycles. The number of halogens is 1. The van der Waals surface area contributed by atoms with Gasteiger partial charge in [0.05, 0.1) is 16.9 Å². The molecule has 9 N–H and O–H groups in total. The monoisotopic (exact) mass is 633 g/mol. The number of aliphatic imine (C=N–C) groups is 1. The van der Waals surface area contributed by atoms with Crippen molar-refractivity contribution < 1.29 is 55.1 Å². The molecule has 1 saturated heterocycles. The number of rotatable bonds is 8. The Balaban J connectivity index is 1.91. The number of phenols is 1. The molecule has 17 heteroatoms. The number of allylic oxidation sites excluding steroid dienone is 1. The predicted octanol–water partition coefficient (Wildman–Crippen LogP) is 0.750. The van der Waals surface area contributed by atoms with E-state index in [1.54, 1.807) is 13.1 Å². The molecule has 45 heavy (non-hydrogen) atoms. The molecule has 0 aliphatic carbocycles. The number of phenolic OH excluding ortho intramolecular Hbond substituents is 1. The van der Waals surface area contributed by atoms with E-state index in [9.17, 15) is 50.9 Å². The molecule has 1 unspecified atom stereocenters. The van der Waals surface area contributed by atoms with Crippen molar-refractivity contribution in [3.05, 3.63) is 64.2 Å². The molecule has 2 heterocycles. The van der Waals surface area contributed by atoms with E-state index in [0.717, 1.165) is 30.6 Å². The highest BCUT2D eigenvalue weighted by molar-refractivity contribution is 5.94. The zero-order valence-corrected chi connectivity index (χ0v) is 24.4. The minimum absolute atomic E-state index is 0.0522. The standard InChI is InChI=1S/C28H32FN5O11/c1-5-8-30-22(14(4)13(2)3)24(33-44)18-10-17(19(29)11-21(18)35)23-16-7-6-15(9-20(16)31-12-32-23)34-25(36,37)27(40,41)45-28(42,43)26(34,38)39/h6-13,24,35-43H,5H2,1-4H3/b22-14+,30-8?. The highest BCUT2D eigenvalue weighted by atomic mass is 19.1. The Morgan fingerprint density at radius 2 is 1.64 bits per heavy atom. The first-order valence-electron chi connectivity index (χ1n) is 13.4. The minimum atomic E-state index is -4.19. The van der Waals surface area contributed by atoms with Crippen LogP contribution in [-0.4, -0.2) is 85.9 Å². The maximum Gasteiger partial charge on any atom is 0.362 e. The second-order valence-electron chi connectivity index (χ2n) is 10.7. The summed E-state index contributed by atoms with van der Waals surface area (Å²) in [5.74, 6) is -18.2. The lowest BCUT2D eigenvalue weighted by Gasteiger charge is -2.55. The Morgan fingerprint density at radius 1 is 1.02 bits per heavy atom. The van der Waals surface area contributed by atoms with Crippen LogP contribution in [0, 0.1) is 16.6 Å². The number of hydrogen-bond acceptors (Lipinski definition) is 16. The fraction of sp³-hybridized carbons (Fsp3) is 0.393. The number of hydrogen-bond donors (Lipinski definition) is 9. The van der Waals surface area contributed by atoms with Gasteiger partial charge in [-0.3, -0.25) is 14.6 Å². The van der Waals surface area contributed by atoms with Crippen molar-refractivity contribution in [3.63, 3.8) is 0 Å². The van der Waals surface area contributed by atoms with Crippen LogP contribution < -0.4 is 4.90 Å². The van der Waals surface area contributed by atoms with Gasteiger partial charge in [0.2, 0.25) is 0 Å². The normalized spacial score (nSPS) is 20.0. The number of aromatic hydroxyl groups is 1. The average Bonchev–Trinajstić information content (AvgIpc) is 2.93. The molecular weight excluding hydrogens is 601 g/mol. The lowest BCUT2D eigenvalue weighted by molar-refractivity contribution is -0.606. The highest BCUT2D eigenvalue weighted by Crippen LogP contribution is 2.45. The molecule has 1 aliphatic heterocycles. The van der Waals surface area contributed by atoms with Gasteiger partial charge in [-0.2, -0.15) is 0 Å². The lowest BCUT2D eigenvalue weighted by Crippen LogP contribution is -2.84. The molecule has 16 nitrogen and oxygen atoms in total. The minimum Gasteiger partial charge on any atom is -0.507 e. The summed E-state index contributed by atoms with van der Waals surface area (Å²) in [6.45, 7) is 7.35. The zero-order valence-electron chi connectivity index (χ0n) is 24.4. The van der Waals surface area contributed by atoms with Crippen molar-refractivity contribution >= 4 is 22.8 Å². The van der Waals surface area contributed by atoms with Crippen molar-refractivity contribution in [1.82, 2.24) is 9.97 Å². The summed E-state index contributed by atoms with van der Waals surface area (Å²) in [6, 6.07) is 3.58. The number of fused-ring (bicyclic) bond motifs is 1. The van der Waals surface area contributed by atoms with Gasteiger partial charge in [0, 0.05) is 34.5 Å². The van der Waals surface area contributed by atoms with E-state index >= 15 is 4.39 Å². The second-order valence-corrected chi connectivity index (χ2v) is 10.7. The Kier molecular flexibility index (Phi) is 8.81. The number of morpholine rings is 1. The molecule has 0 spiro atoms. The van der Waals surface area contributed by atoms with E-state index < -0.39 is 47.1 Å². The Hall–Kier alpha value is -4.04. The summed E-state index contributed by atoms with van der Waals surface area (Å²) in [5.41, 5.74) is -0.266. The molecule has 1 aromatic heterocycles. The van der Waals surface area contributed by atoms with Crippen LogP contribution >= 0.6 is 0 Å². The molecular formula is C28H32FN5O11. The summed E-state index contributed by atoms with van der Waals surface area (Å²) in [6.07, 6.45) is 3.07.